The molecule has 0 amide bonds. The van der Waals surface area contributed by atoms with Crippen molar-refractivity contribution < 1.29 is 9.18 Å². The predicted molar refractivity (Wildman–Crippen MR) is 70.1 cm³/mol. The molecule has 1 unspecified atom stereocenters. The zero-order valence-corrected chi connectivity index (χ0v) is 10.9. The Kier molecular flexibility index (Phi) is 2.49. The molecule has 0 N–H and O–H groups in total. The van der Waals surface area contributed by atoms with Crippen molar-refractivity contribution in [1.29, 1.82) is 0 Å². The van der Waals surface area contributed by atoms with Crippen molar-refractivity contribution in [1.82, 2.24) is 14.8 Å². The second-order valence-electron chi connectivity index (χ2n) is 5.51. The van der Waals surface area contributed by atoms with Crippen molar-refractivity contribution in [2.24, 2.45) is 5.92 Å². The van der Waals surface area contributed by atoms with Crippen LogP contribution in [0.2, 0.25) is 0 Å². The van der Waals surface area contributed by atoms with Crippen LogP contribution in [0.3, 0.4) is 0 Å². The quantitative estimate of drug-likeness (QED) is 0.806. The van der Waals surface area contributed by atoms with Gasteiger partial charge in [0, 0.05) is 12.3 Å². The summed E-state index contributed by atoms with van der Waals surface area (Å²) in [5.41, 5.74) is 1.00. The highest BCUT2D eigenvalue weighted by Crippen LogP contribution is 2.40. The monoisotopic (exact) mass is 271 g/mol. The van der Waals surface area contributed by atoms with Crippen LogP contribution >= 0.6 is 0 Å². The van der Waals surface area contributed by atoms with Crippen LogP contribution in [0.1, 0.15) is 53.5 Å². The standard InChI is InChI=1S/C15H14FN3O/c16-11-8-12(9-4-2-1-3-5-9)19-15(11)17-14(18-19)13(20)10-6-7-10/h1-5,10-12H,6-8H2/t11-,12?/m1/s1. The van der Waals surface area contributed by atoms with Gasteiger partial charge in [-0.25, -0.2) is 14.1 Å². The molecule has 5 heteroatoms. The van der Waals surface area contributed by atoms with Crippen molar-refractivity contribution in [3.63, 3.8) is 0 Å². The van der Waals surface area contributed by atoms with Crippen LogP contribution in [0.15, 0.2) is 30.3 Å². The average molecular weight is 271 g/mol. The molecule has 0 spiro atoms. The first-order chi connectivity index (χ1) is 9.74. The fourth-order valence-corrected chi connectivity index (χ4v) is 2.76. The molecule has 2 aliphatic rings. The lowest BCUT2D eigenvalue weighted by atomic mass is 10.0. The summed E-state index contributed by atoms with van der Waals surface area (Å²) in [4.78, 5) is 16.1. The van der Waals surface area contributed by atoms with Gasteiger partial charge in [0.25, 0.3) is 0 Å². The van der Waals surface area contributed by atoms with Crippen molar-refractivity contribution in [2.75, 3.05) is 0 Å². The first kappa shape index (κ1) is 11.8. The SMILES string of the molecule is O=C(c1nc2n(n1)C(c1ccccc1)C[C@H]2F)C1CC1. The Morgan fingerprint density at radius 1 is 1.25 bits per heavy atom. The highest BCUT2D eigenvalue weighted by molar-refractivity contribution is 5.95. The van der Waals surface area contributed by atoms with E-state index in [0.717, 1.165) is 18.4 Å². The molecule has 0 radical (unpaired) electrons. The van der Waals surface area contributed by atoms with E-state index < -0.39 is 6.17 Å². The van der Waals surface area contributed by atoms with E-state index in [2.05, 4.69) is 10.1 Å². The molecular formula is C15H14FN3O. The summed E-state index contributed by atoms with van der Waals surface area (Å²) in [6, 6.07) is 9.53. The molecule has 102 valence electrons. The fourth-order valence-electron chi connectivity index (χ4n) is 2.76. The van der Waals surface area contributed by atoms with Gasteiger partial charge in [-0.1, -0.05) is 30.3 Å². The van der Waals surface area contributed by atoms with Crippen molar-refractivity contribution in [3.8, 4) is 0 Å². The van der Waals surface area contributed by atoms with Crippen LogP contribution < -0.4 is 0 Å². The highest BCUT2D eigenvalue weighted by Gasteiger charge is 2.39. The van der Waals surface area contributed by atoms with Crippen LogP contribution in [-0.4, -0.2) is 20.5 Å². The van der Waals surface area contributed by atoms with Crippen molar-refractivity contribution in [3.05, 3.63) is 47.5 Å². The fraction of sp³-hybridized carbons (Fsp3) is 0.400. The Morgan fingerprint density at radius 3 is 2.70 bits per heavy atom. The molecule has 4 rings (SSSR count). The normalized spacial score (nSPS) is 24.6. The molecule has 1 aromatic carbocycles. The Labute approximate surface area is 115 Å². The lowest BCUT2D eigenvalue weighted by Gasteiger charge is -2.11. The molecule has 1 fully saturated rings. The second kappa shape index (κ2) is 4.23. The van der Waals surface area contributed by atoms with E-state index >= 15 is 0 Å². The molecule has 1 aliphatic carbocycles. The number of aromatic nitrogens is 3. The van der Waals surface area contributed by atoms with Gasteiger partial charge in [0.1, 0.15) is 0 Å². The number of alkyl halides is 1. The van der Waals surface area contributed by atoms with Gasteiger partial charge < -0.3 is 0 Å². The maximum Gasteiger partial charge on any atom is 0.217 e. The second-order valence-corrected chi connectivity index (χ2v) is 5.51. The van der Waals surface area contributed by atoms with E-state index in [1.54, 1.807) is 4.68 Å². The highest BCUT2D eigenvalue weighted by atomic mass is 19.1. The van der Waals surface area contributed by atoms with E-state index in [4.69, 9.17) is 0 Å². The minimum Gasteiger partial charge on any atom is -0.290 e. The Hall–Kier alpha value is -2.04. The summed E-state index contributed by atoms with van der Waals surface area (Å²) in [5, 5.41) is 4.28. The topological polar surface area (TPSA) is 47.8 Å². The van der Waals surface area contributed by atoms with Gasteiger partial charge in [-0.2, -0.15) is 0 Å². The van der Waals surface area contributed by atoms with Gasteiger partial charge in [0.05, 0.1) is 6.04 Å². The van der Waals surface area contributed by atoms with Gasteiger partial charge in [0.2, 0.25) is 11.6 Å². The van der Waals surface area contributed by atoms with Crippen LogP contribution in [0, 0.1) is 5.92 Å². The third kappa shape index (κ3) is 1.77. The summed E-state index contributed by atoms with van der Waals surface area (Å²) in [6.45, 7) is 0. The molecule has 2 heterocycles. The Morgan fingerprint density at radius 2 is 2.00 bits per heavy atom. The first-order valence-corrected chi connectivity index (χ1v) is 6.93. The zero-order chi connectivity index (χ0) is 13.7. The van der Waals surface area contributed by atoms with E-state index in [-0.39, 0.29) is 23.6 Å². The number of halogens is 1. The summed E-state index contributed by atoms with van der Waals surface area (Å²) in [6.07, 6.45) is 1.01. The lowest BCUT2D eigenvalue weighted by molar-refractivity contribution is 0.0956. The van der Waals surface area contributed by atoms with Gasteiger partial charge in [-0.3, -0.25) is 4.79 Å². The van der Waals surface area contributed by atoms with Gasteiger partial charge in [-0.05, 0) is 18.4 Å². The van der Waals surface area contributed by atoms with Gasteiger partial charge in [-0.15, -0.1) is 5.10 Å². The molecule has 4 nitrogen and oxygen atoms in total. The van der Waals surface area contributed by atoms with E-state index in [1.165, 1.54) is 0 Å². The van der Waals surface area contributed by atoms with Crippen molar-refractivity contribution in [2.45, 2.75) is 31.5 Å². The van der Waals surface area contributed by atoms with Crippen LogP contribution in [0.25, 0.3) is 0 Å². The maximum atomic E-state index is 14.1. The third-order valence-corrected chi connectivity index (χ3v) is 4.02. The largest absolute Gasteiger partial charge is 0.290 e. The smallest absolute Gasteiger partial charge is 0.217 e. The zero-order valence-electron chi connectivity index (χ0n) is 10.9. The van der Waals surface area contributed by atoms with E-state index in [0.29, 0.717) is 12.2 Å². The Balaban J connectivity index is 1.72. The van der Waals surface area contributed by atoms with Gasteiger partial charge >= 0.3 is 0 Å². The average Bonchev–Trinajstić information content (AvgIpc) is 3.15. The molecule has 1 saturated carbocycles. The summed E-state index contributed by atoms with van der Waals surface area (Å²) in [7, 11) is 0. The number of nitrogens with zero attached hydrogens (tertiary/aromatic N) is 3. The summed E-state index contributed by atoms with van der Waals surface area (Å²) in [5.74, 6) is 0.505. The van der Waals surface area contributed by atoms with E-state index in [1.807, 2.05) is 30.3 Å². The number of carbonyl (C=O) groups excluding carboxylic acids is 1. The number of benzene rings is 1. The maximum absolute atomic E-state index is 14.1. The number of ketones is 1. The molecule has 2 atom stereocenters. The van der Waals surface area contributed by atoms with E-state index in [9.17, 15) is 9.18 Å². The number of hydrogen-bond acceptors (Lipinski definition) is 3. The molecule has 0 bridgehead atoms. The molecule has 2 aromatic rings. The summed E-state index contributed by atoms with van der Waals surface area (Å²) < 4.78 is 15.7. The molecule has 0 saturated heterocycles. The van der Waals surface area contributed by atoms with Crippen molar-refractivity contribution >= 4 is 5.78 Å². The van der Waals surface area contributed by atoms with Crippen LogP contribution in [0.4, 0.5) is 4.39 Å². The molecule has 1 aromatic heterocycles. The third-order valence-electron chi connectivity index (χ3n) is 4.02. The van der Waals surface area contributed by atoms with Gasteiger partial charge in [0.15, 0.2) is 12.0 Å². The molecule has 1 aliphatic heterocycles. The molecular weight excluding hydrogens is 257 g/mol. The number of hydrogen-bond donors (Lipinski definition) is 0. The lowest BCUT2D eigenvalue weighted by Crippen LogP contribution is -2.10. The first-order valence-electron chi connectivity index (χ1n) is 6.93. The summed E-state index contributed by atoms with van der Waals surface area (Å²) >= 11 is 0. The number of Topliss-reactive ketones (excluding diaryl/α,β-unsaturated/α-hetero) is 1. The predicted octanol–water partition coefficient (Wildman–Crippen LogP) is 2.87. The number of rotatable bonds is 3. The van der Waals surface area contributed by atoms with Crippen LogP contribution in [-0.2, 0) is 0 Å². The molecule has 20 heavy (non-hydrogen) atoms. The number of fused-ring (bicyclic) bond motifs is 1. The number of carbonyl (C=O) groups is 1. The Bertz CT molecular complexity index is 663. The van der Waals surface area contributed by atoms with Crippen LogP contribution in [0.5, 0.6) is 0 Å². The minimum atomic E-state index is -1.14. The minimum absolute atomic E-state index is 0.0362.